The van der Waals surface area contributed by atoms with Gasteiger partial charge in [0.15, 0.2) is 0 Å². The van der Waals surface area contributed by atoms with Crippen molar-refractivity contribution < 1.29 is 0 Å². The van der Waals surface area contributed by atoms with E-state index >= 15 is 0 Å². The third-order valence-corrected chi connectivity index (χ3v) is 6.69. The van der Waals surface area contributed by atoms with Crippen LogP contribution in [0.4, 0.5) is 0 Å². The predicted molar refractivity (Wildman–Crippen MR) is 107 cm³/mol. The van der Waals surface area contributed by atoms with E-state index in [9.17, 15) is 0 Å². The Kier molecular flexibility index (Phi) is 8.17. The van der Waals surface area contributed by atoms with Crippen LogP contribution in [0.2, 0.25) is 0 Å². The van der Waals surface area contributed by atoms with Crippen molar-refractivity contribution in [1.29, 1.82) is 0 Å². The summed E-state index contributed by atoms with van der Waals surface area (Å²) in [5, 5.41) is 0. The summed E-state index contributed by atoms with van der Waals surface area (Å²) in [6, 6.07) is 0. The third kappa shape index (κ3) is 5.81. The van der Waals surface area contributed by atoms with Gasteiger partial charge in [0.05, 0.1) is 0 Å². The molecule has 1 unspecified atom stereocenters. The summed E-state index contributed by atoms with van der Waals surface area (Å²) >= 11 is 0. The summed E-state index contributed by atoms with van der Waals surface area (Å²) in [4.78, 5) is 2.64. The molecule has 0 aromatic heterocycles. The topological polar surface area (TPSA) is 3.24 Å². The molecular weight excluding hydrogens is 290 g/mol. The van der Waals surface area contributed by atoms with Crippen LogP contribution in [0.15, 0.2) is 11.3 Å². The number of nitrogens with zero attached hydrogens (tertiary/aromatic N) is 1. The fourth-order valence-corrected chi connectivity index (χ4v) is 4.97. The van der Waals surface area contributed by atoms with Crippen molar-refractivity contribution in [3.8, 4) is 0 Å². The highest BCUT2D eigenvalue weighted by Gasteiger charge is 2.34. The Balaban J connectivity index is 2.04. The largest absolute Gasteiger partial charge is 0.373 e. The first-order chi connectivity index (χ1) is 11.5. The Bertz CT molecular complexity index is 393. The highest BCUT2D eigenvalue weighted by Crippen LogP contribution is 2.41. The molecule has 0 aromatic rings. The maximum atomic E-state index is 2.64. The van der Waals surface area contributed by atoms with Crippen molar-refractivity contribution in [3.63, 3.8) is 0 Å². The molecule has 0 spiro atoms. The van der Waals surface area contributed by atoms with Gasteiger partial charge in [-0.25, -0.2) is 0 Å². The number of hydrogen-bond acceptors (Lipinski definition) is 1. The fourth-order valence-electron chi connectivity index (χ4n) is 4.97. The predicted octanol–water partition coefficient (Wildman–Crippen LogP) is 7.47. The Hall–Kier alpha value is -0.460. The Morgan fingerprint density at radius 2 is 1.12 bits per heavy atom. The molecule has 1 aliphatic heterocycles. The van der Waals surface area contributed by atoms with Crippen molar-refractivity contribution in [2.75, 3.05) is 7.05 Å². The lowest BCUT2D eigenvalue weighted by Gasteiger charge is -2.47. The van der Waals surface area contributed by atoms with Crippen LogP contribution in [0.1, 0.15) is 117 Å². The van der Waals surface area contributed by atoms with Crippen molar-refractivity contribution in [2.24, 2.45) is 5.92 Å². The summed E-state index contributed by atoms with van der Waals surface area (Å²) in [5.41, 5.74) is 3.86. The van der Waals surface area contributed by atoms with Crippen molar-refractivity contribution in [3.05, 3.63) is 11.3 Å². The van der Waals surface area contributed by atoms with Gasteiger partial charge in [-0.05, 0) is 57.4 Å². The lowest BCUT2D eigenvalue weighted by molar-refractivity contribution is 0.140. The monoisotopic (exact) mass is 333 g/mol. The first kappa shape index (κ1) is 19.9. The van der Waals surface area contributed by atoms with Crippen molar-refractivity contribution >= 4 is 0 Å². The van der Waals surface area contributed by atoms with Gasteiger partial charge >= 0.3 is 0 Å². The maximum Gasteiger partial charge on any atom is 0.0345 e. The fraction of sp³-hybridized carbons (Fsp3) is 0.913. The Labute approximate surface area is 152 Å². The molecular formula is C23H43N. The number of rotatable bonds is 0. The first-order valence-electron chi connectivity index (χ1n) is 11.0. The molecule has 2 aliphatic rings. The zero-order valence-corrected chi connectivity index (χ0v) is 17.1. The molecule has 0 bridgehead atoms. The minimum atomic E-state index is 0.332. The second-order valence-electron chi connectivity index (χ2n) is 9.19. The van der Waals surface area contributed by atoms with Crippen molar-refractivity contribution in [2.45, 2.75) is 123 Å². The molecule has 1 heteroatoms. The van der Waals surface area contributed by atoms with Crippen LogP contribution in [0, 0.1) is 5.92 Å². The van der Waals surface area contributed by atoms with Crippen molar-refractivity contribution in [1.82, 2.24) is 4.90 Å². The van der Waals surface area contributed by atoms with Gasteiger partial charge in [0.2, 0.25) is 0 Å². The molecule has 0 radical (unpaired) electrons. The van der Waals surface area contributed by atoms with Crippen LogP contribution in [0.25, 0.3) is 0 Å². The van der Waals surface area contributed by atoms with E-state index in [1.54, 1.807) is 5.70 Å². The van der Waals surface area contributed by atoms with Gasteiger partial charge in [-0.2, -0.15) is 0 Å². The third-order valence-electron chi connectivity index (χ3n) is 6.69. The molecule has 1 heterocycles. The SMILES string of the molecule is CC1CC(C)(C)N(C)C2=C1CCCCCCCCCCCCCC2. The molecule has 0 N–H and O–H groups in total. The summed E-state index contributed by atoms with van der Waals surface area (Å²) in [6.07, 6.45) is 21.4. The van der Waals surface area contributed by atoms with Gasteiger partial charge in [-0.1, -0.05) is 71.1 Å². The summed E-state index contributed by atoms with van der Waals surface area (Å²) in [5.74, 6) is 0.782. The quantitative estimate of drug-likeness (QED) is 0.444. The second kappa shape index (κ2) is 9.88. The van der Waals surface area contributed by atoms with Crippen LogP contribution in [-0.2, 0) is 0 Å². The molecule has 2 rings (SSSR count). The van der Waals surface area contributed by atoms with Crippen LogP contribution in [-0.4, -0.2) is 17.5 Å². The van der Waals surface area contributed by atoms with Crippen LogP contribution in [0.5, 0.6) is 0 Å². The van der Waals surface area contributed by atoms with Gasteiger partial charge in [-0.15, -0.1) is 0 Å². The van der Waals surface area contributed by atoms with E-state index in [1.165, 1.54) is 96.3 Å². The van der Waals surface area contributed by atoms with E-state index in [1.807, 2.05) is 5.57 Å². The van der Waals surface area contributed by atoms with E-state index in [4.69, 9.17) is 0 Å². The Morgan fingerprint density at radius 3 is 1.62 bits per heavy atom. The van der Waals surface area contributed by atoms with E-state index in [2.05, 4.69) is 32.7 Å². The normalized spacial score (nSPS) is 28.5. The maximum absolute atomic E-state index is 2.64. The van der Waals surface area contributed by atoms with Crippen LogP contribution < -0.4 is 0 Å². The molecule has 1 atom stereocenters. The van der Waals surface area contributed by atoms with Gasteiger partial charge in [0.1, 0.15) is 0 Å². The molecule has 0 saturated heterocycles. The molecule has 24 heavy (non-hydrogen) atoms. The van der Waals surface area contributed by atoms with E-state index in [0.29, 0.717) is 5.54 Å². The number of allylic oxidation sites excluding steroid dienone is 2. The summed E-state index contributed by atoms with van der Waals surface area (Å²) in [7, 11) is 2.36. The van der Waals surface area contributed by atoms with Crippen LogP contribution in [0.3, 0.4) is 0 Å². The molecule has 0 fully saturated rings. The van der Waals surface area contributed by atoms with Gasteiger partial charge in [0.25, 0.3) is 0 Å². The average Bonchev–Trinajstić information content (AvgIpc) is 2.52. The highest BCUT2D eigenvalue weighted by molar-refractivity contribution is 5.22. The average molecular weight is 334 g/mol. The lowest BCUT2D eigenvalue weighted by Crippen LogP contribution is -2.46. The Morgan fingerprint density at radius 1 is 0.708 bits per heavy atom. The molecule has 140 valence electrons. The minimum Gasteiger partial charge on any atom is -0.373 e. The number of hydrogen-bond donors (Lipinski definition) is 0. The van der Waals surface area contributed by atoms with E-state index in [-0.39, 0.29) is 0 Å². The van der Waals surface area contributed by atoms with Gasteiger partial charge in [0, 0.05) is 18.3 Å². The molecule has 1 nitrogen and oxygen atoms in total. The molecule has 1 aliphatic carbocycles. The van der Waals surface area contributed by atoms with Gasteiger partial charge in [-0.3, -0.25) is 0 Å². The first-order valence-corrected chi connectivity index (χ1v) is 11.0. The lowest BCUT2D eigenvalue weighted by atomic mass is 9.77. The standard InChI is InChI=1S/C23H43N/c1-20-19-23(2,3)24(4)22-18-16-14-12-10-8-6-5-7-9-11-13-15-17-21(20)22/h20H,5-19H2,1-4H3. The zero-order valence-electron chi connectivity index (χ0n) is 17.1. The minimum absolute atomic E-state index is 0.332. The molecule has 0 aromatic carbocycles. The smallest absolute Gasteiger partial charge is 0.0345 e. The van der Waals surface area contributed by atoms with Gasteiger partial charge < -0.3 is 4.90 Å². The second-order valence-corrected chi connectivity index (χ2v) is 9.19. The van der Waals surface area contributed by atoms with E-state index in [0.717, 1.165) is 5.92 Å². The highest BCUT2D eigenvalue weighted by atomic mass is 15.2. The summed E-state index contributed by atoms with van der Waals surface area (Å²) in [6.45, 7) is 7.36. The van der Waals surface area contributed by atoms with E-state index < -0.39 is 0 Å². The molecule has 0 saturated carbocycles. The zero-order chi connectivity index (χ0) is 17.4. The molecule has 0 amide bonds. The van der Waals surface area contributed by atoms with Crippen LogP contribution >= 0.6 is 0 Å². The summed E-state index contributed by atoms with van der Waals surface area (Å²) < 4.78 is 0.